The molecule has 0 unspecified atom stereocenters. The molecule has 0 amide bonds. The predicted molar refractivity (Wildman–Crippen MR) is 64.1 cm³/mol. The van der Waals surface area contributed by atoms with Crippen molar-refractivity contribution in [3.8, 4) is 11.5 Å². The molecule has 0 heterocycles. The van der Waals surface area contributed by atoms with E-state index in [2.05, 4.69) is 0 Å². The molecule has 0 aromatic heterocycles. The van der Waals surface area contributed by atoms with Crippen LogP contribution in [0.2, 0.25) is 0 Å². The van der Waals surface area contributed by atoms with Crippen molar-refractivity contribution in [2.45, 2.75) is 25.6 Å². The molecule has 104 valence electrons. The van der Waals surface area contributed by atoms with Gasteiger partial charge in [-0.05, 0) is 13.0 Å². The molecule has 18 heavy (non-hydrogen) atoms. The molecule has 1 atom stereocenters. The van der Waals surface area contributed by atoms with Crippen LogP contribution in [0.4, 0.5) is 13.2 Å². The summed E-state index contributed by atoms with van der Waals surface area (Å²) in [6, 6.07) is 3.03. The summed E-state index contributed by atoms with van der Waals surface area (Å²) in [4.78, 5) is 0. The van der Waals surface area contributed by atoms with Crippen LogP contribution in [0, 0.1) is 0 Å². The van der Waals surface area contributed by atoms with E-state index >= 15 is 0 Å². The van der Waals surface area contributed by atoms with Crippen molar-refractivity contribution in [3.63, 3.8) is 0 Å². The molecule has 1 aromatic rings. The minimum absolute atomic E-state index is 0. The fraction of sp³-hybridized carbons (Fsp3) is 0.455. The average Bonchev–Trinajstić information content (AvgIpc) is 2.18. The number of rotatable bonds is 4. The molecule has 3 nitrogen and oxygen atoms in total. The van der Waals surface area contributed by atoms with E-state index < -0.39 is 18.6 Å². The van der Waals surface area contributed by atoms with Gasteiger partial charge in [0.2, 0.25) is 0 Å². The Morgan fingerprint density at radius 3 is 2.50 bits per heavy atom. The van der Waals surface area contributed by atoms with Crippen molar-refractivity contribution in [2.75, 3.05) is 6.61 Å². The number of ether oxygens (including phenoxy) is 1. The molecular formula is C11H15ClF3NO2. The monoisotopic (exact) mass is 285 g/mol. The minimum atomic E-state index is -4.37. The van der Waals surface area contributed by atoms with Crippen LogP contribution in [0.15, 0.2) is 18.2 Å². The fourth-order valence-corrected chi connectivity index (χ4v) is 1.47. The first-order valence-corrected chi connectivity index (χ1v) is 5.12. The zero-order valence-corrected chi connectivity index (χ0v) is 10.5. The standard InChI is InChI=1S/C11H14F3NO2.ClH/c1-2-17-9-5-3-4-7(10(9)16)8(15)6-11(12,13)14;/h3-5,8,16H,2,6,15H2,1H3;1H/t8-;/m0./s1. The van der Waals surface area contributed by atoms with Crippen molar-refractivity contribution in [1.82, 2.24) is 0 Å². The van der Waals surface area contributed by atoms with Crippen LogP contribution >= 0.6 is 12.4 Å². The highest BCUT2D eigenvalue weighted by Crippen LogP contribution is 2.36. The number of alkyl halides is 3. The summed E-state index contributed by atoms with van der Waals surface area (Å²) in [5.74, 6) is -0.186. The smallest absolute Gasteiger partial charge is 0.390 e. The molecular weight excluding hydrogens is 271 g/mol. The van der Waals surface area contributed by atoms with Crippen molar-refractivity contribution in [2.24, 2.45) is 5.73 Å². The van der Waals surface area contributed by atoms with E-state index in [9.17, 15) is 18.3 Å². The summed E-state index contributed by atoms with van der Waals surface area (Å²) >= 11 is 0. The summed E-state index contributed by atoms with van der Waals surface area (Å²) in [5, 5.41) is 9.71. The van der Waals surface area contributed by atoms with Gasteiger partial charge < -0.3 is 15.6 Å². The van der Waals surface area contributed by atoms with E-state index in [1.54, 1.807) is 6.92 Å². The van der Waals surface area contributed by atoms with Gasteiger partial charge in [-0.3, -0.25) is 0 Å². The number of phenols is 1. The van der Waals surface area contributed by atoms with Crippen LogP contribution in [0.3, 0.4) is 0 Å². The zero-order valence-electron chi connectivity index (χ0n) is 9.70. The topological polar surface area (TPSA) is 55.5 Å². The maximum atomic E-state index is 12.2. The number of nitrogens with two attached hydrogens (primary N) is 1. The second kappa shape index (κ2) is 6.70. The Balaban J connectivity index is 0.00000289. The Bertz CT molecular complexity index is 385. The lowest BCUT2D eigenvalue weighted by Gasteiger charge is -2.17. The molecule has 0 fully saturated rings. The fourth-order valence-electron chi connectivity index (χ4n) is 1.47. The molecule has 0 spiro atoms. The van der Waals surface area contributed by atoms with Gasteiger partial charge in [0.05, 0.1) is 13.0 Å². The first-order valence-electron chi connectivity index (χ1n) is 5.12. The Morgan fingerprint density at radius 2 is 2.00 bits per heavy atom. The van der Waals surface area contributed by atoms with E-state index in [1.165, 1.54) is 18.2 Å². The van der Waals surface area contributed by atoms with Gasteiger partial charge in [-0.2, -0.15) is 13.2 Å². The first-order chi connectivity index (χ1) is 7.85. The van der Waals surface area contributed by atoms with Crippen molar-refractivity contribution >= 4 is 12.4 Å². The predicted octanol–water partition coefficient (Wildman–Crippen LogP) is 3.16. The number of hydrogen-bond donors (Lipinski definition) is 2. The zero-order chi connectivity index (χ0) is 13.1. The van der Waals surface area contributed by atoms with Gasteiger partial charge in [0.1, 0.15) is 0 Å². The number of aromatic hydroxyl groups is 1. The molecule has 1 rings (SSSR count). The number of halogens is 4. The highest BCUT2D eigenvalue weighted by molar-refractivity contribution is 5.85. The Kier molecular flexibility index (Phi) is 6.28. The summed E-state index contributed by atoms with van der Waals surface area (Å²) in [6.45, 7) is 2.02. The molecule has 0 aliphatic rings. The molecule has 0 bridgehead atoms. The van der Waals surface area contributed by atoms with E-state index in [0.717, 1.165) is 0 Å². The van der Waals surface area contributed by atoms with Crippen LogP contribution in [0.5, 0.6) is 11.5 Å². The van der Waals surface area contributed by atoms with Crippen molar-refractivity contribution in [3.05, 3.63) is 23.8 Å². The molecule has 1 aromatic carbocycles. The third-order valence-electron chi connectivity index (χ3n) is 2.18. The van der Waals surface area contributed by atoms with E-state index in [0.29, 0.717) is 6.61 Å². The van der Waals surface area contributed by atoms with Gasteiger partial charge in [-0.25, -0.2) is 0 Å². The van der Waals surface area contributed by atoms with Crippen LogP contribution in [0.25, 0.3) is 0 Å². The van der Waals surface area contributed by atoms with Crippen LogP contribution in [-0.4, -0.2) is 17.9 Å². The Labute approximate surface area is 109 Å². The number of para-hydroxylation sites is 1. The summed E-state index contributed by atoms with van der Waals surface area (Å²) in [7, 11) is 0. The molecule has 3 N–H and O–H groups in total. The second-order valence-corrected chi connectivity index (χ2v) is 3.55. The minimum Gasteiger partial charge on any atom is -0.504 e. The highest BCUT2D eigenvalue weighted by Gasteiger charge is 2.32. The number of phenolic OH excluding ortho intramolecular Hbond substituents is 1. The normalized spacial score (nSPS) is 12.7. The van der Waals surface area contributed by atoms with E-state index in [-0.39, 0.29) is 29.5 Å². The summed E-state index contributed by atoms with van der Waals surface area (Å²) in [6.07, 6.45) is -5.55. The lowest BCUT2D eigenvalue weighted by atomic mass is 10.0. The van der Waals surface area contributed by atoms with Gasteiger partial charge in [0, 0.05) is 11.6 Å². The maximum absolute atomic E-state index is 12.2. The van der Waals surface area contributed by atoms with Gasteiger partial charge in [0.25, 0.3) is 0 Å². The number of benzene rings is 1. The molecule has 0 aliphatic carbocycles. The third kappa shape index (κ3) is 4.62. The third-order valence-corrected chi connectivity index (χ3v) is 2.18. The van der Waals surface area contributed by atoms with Crippen LogP contribution < -0.4 is 10.5 Å². The van der Waals surface area contributed by atoms with Crippen LogP contribution in [-0.2, 0) is 0 Å². The molecule has 0 aliphatic heterocycles. The van der Waals surface area contributed by atoms with Gasteiger partial charge >= 0.3 is 6.18 Å². The van der Waals surface area contributed by atoms with Crippen molar-refractivity contribution in [1.29, 1.82) is 0 Å². The lowest BCUT2D eigenvalue weighted by molar-refractivity contribution is -0.138. The molecule has 0 saturated heterocycles. The largest absolute Gasteiger partial charge is 0.504 e. The molecule has 0 saturated carbocycles. The average molecular weight is 286 g/mol. The van der Waals surface area contributed by atoms with Gasteiger partial charge in [-0.1, -0.05) is 12.1 Å². The summed E-state index contributed by atoms with van der Waals surface area (Å²) in [5.41, 5.74) is 5.45. The highest BCUT2D eigenvalue weighted by atomic mass is 35.5. The molecule has 7 heteroatoms. The summed E-state index contributed by atoms with van der Waals surface area (Å²) < 4.78 is 41.6. The lowest BCUT2D eigenvalue weighted by Crippen LogP contribution is -2.20. The number of hydrogen-bond acceptors (Lipinski definition) is 3. The first kappa shape index (κ1) is 16.9. The maximum Gasteiger partial charge on any atom is 0.390 e. The van der Waals surface area contributed by atoms with Crippen LogP contribution in [0.1, 0.15) is 24.9 Å². The molecule has 0 radical (unpaired) electrons. The SMILES string of the molecule is CCOc1cccc([C@@H](N)CC(F)(F)F)c1O.Cl. The van der Waals surface area contributed by atoms with Crippen molar-refractivity contribution < 1.29 is 23.0 Å². The van der Waals surface area contributed by atoms with E-state index in [1.807, 2.05) is 0 Å². The Hall–Kier alpha value is -1.14. The van der Waals surface area contributed by atoms with E-state index in [4.69, 9.17) is 10.5 Å². The van der Waals surface area contributed by atoms with Gasteiger partial charge in [-0.15, -0.1) is 12.4 Å². The quantitative estimate of drug-likeness (QED) is 0.893. The second-order valence-electron chi connectivity index (χ2n) is 3.55. The Morgan fingerprint density at radius 1 is 1.39 bits per heavy atom. The van der Waals surface area contributed by atoms with Gasteiger partial charge in [0.15, 0.2) is 11.5 Å².